The van der Waals surface area contributed by atoms with Gasteiger partial charge in [-0.15, -0.1) is 0 Å². The van der Waals surface area contributed by atoms with Crippen LogP contribution in [-0.2, 0) is 9.53 Å². The van der Waals surface area contributed by atoms with E-state index in [1.54, 1.807) is 0 Å². The predicted molar refractivity (Wildman–Crippen MR) is 58.2 cm³/mol. The Morgan fingerprint density at radius 1 is 1.29 bits per heavy atom. The molecule has 0 heterocycles. The largest absolute Gasteiger partial charge is 0.466 e. The Morgan fingerprint density at radius 2 is 1.86 bits per heavy atom. The molecule has 0 aromatic carbocycles. The first-order chi connectivity index (χ1) is 6.69. The van der Waals surface area contributed by atoms with Crippen molar-refractivity contribution in [2.24, 2.45) is 0 Å². The zero-order valence-electron chi connectivity index (χ0n) is 9.67. The number of hydrogen-bond acceptors (Lipinski definition) is 3. The first-order valence-electron chi connectivity index (χ1n) is 5.19. The molecule has 0 bridgehead atoms. The highest BCUT2D eigenvalue weighted by Crippen LogP contribution is 2.03. The van der Waals surface area contributed by atoms with Crippen LogP contribution in [-0.4, -0.2) is 37.6 Å². The minimum absolute atomic E-state index is 0.209. The van der Waals surface area contributed by atoms with Gasteiger partial charge in [-0.1, -0.05) is 26.8 Å². The summed E-state index contributed by atoms with van der Waals surface area (Å²) in [6, 6.07) is 0. The minimum atomic E-state index is -0.209. The van der Waals surface area contributed by atoms with Gasteiger partial charge < -0.3 is 9.64 Å². The predicted octanol–water partition coefficient (Wildman–Crippen LogP) is 1.84. The van der Waals surface area contributed by atoms with Crippen molar-refractivity contribution in [3.8, 4) is 0 Å². The highest BCUT2D eigenvalue weighted by molar-refractivity contribution is 5.88. The summed E-state index contributed by atoms with van der Waals surface area (Å²) in [5.41, 5.74) is 0.763. The van der Waals surface area contributed by atoms with E-state index < -0.39 is 0 Å². The summed E-state index contributed by atoms with van der Waals surface area (Å²) in [6.07, 6.45) is 2.69. The van der Waals surface area contributed by atoms with Crippen LogP contribution in [0.15, 0.2) is 11.6 Å². The number of rotatable bonds is 6. The van der Waals surface area contributed by atoms with Gasteiger partial charge in [-0.25, -0.2) is 4.79 Å². The summed E-state index contributed by atoms with van der Waals surface area (Å²) in [4.78, 5) is 13.5. The molecule has 0 fully saturated rings. The molecule has 0 amide bonds. The highest BCUT2D eigenvalue weighted by Gasteiger charge is 2.06. The number of likely N-dealkylation sites (N-methyl/N-ethyl adjacent to an activating group) is 1. The summed E-state index contributed by atoms with van der Waals surface area (Å²) < 4.78 is 4.68. The van der Waals surface area contributed by atoms with Crippen LogP contribution in [0.2, 0.25) is 0 Å². The Balaban J connectivity index is 4.23. The normalized spacial score (nSPS) is 11.9. The van der Waals surface area contributed by atoms with E-state index in [-0.39, 0.29) is 5.97 Å². The lowest BCUT2D eigenvalue weighted by Gasteiger charge is -2.15. The molecule has 0 aliphatic carbocycles. The minimum Gasteiger partial charge on any atom is -0.466 e. The molecular weight excluding hydrogens is 178 g/mol. The Hall–Kier alpha value is -0.830. The van der Waals surface area contributed by atoms with Crippen molar-refractivity contribution >= 4 is 5.97 Å². The molecule has 0 spiro atoms. The molecule has 0 aromatic rings. The van der Waals surface area contributed by atoms with Crippen LogP contribution < -0.4 is 0 Å². The molecule has 14 heavy (non-hydrogen) atoms. The van der Waals surface area contributed by atoms with Crippen LogP contribution in [0.25, 0.3) is 0 Å². The van der Waals surface area contributed by atoms with E-state index in [9.17, 15) is 4.79 Å². The van der Waals surface area contributed by atoms with Gasteiger partial charge in [0, 0.05) is 12.1 Å². The SMILES string of the molecule is CCC(=CCN(CC)CC)C(=O)OC. The molecule has 3 heteroatoms. The maximum atomic E-state index is 11.2. The van der Waals surface area contributed by atoms with Gasteiger partial charge in [0.1, 0.15) is 0 Å². The molecular formula is C11H21NO2. The van der Waals surface area contributed by atoms with Crippen molar-refractivity contribution < 1.29 is 9.53 Å². The lowest BCUT2D eigenvalue weighted by atomic mass is 10.2. The number of carbonyl (C=O) groups is 1. The number of carbonyl (C=O) groups excluding carboxylic acids is 1. The smallest absolute Gasteiger partial charge is 0.333 e. The molecule has 82 valence electrons. The van der Waals surface area contributed by atoms with E-state index in [1.807, 2.05) is 13.0 Å². The van der Waals surface area contributed by atoms with Crippen molar-refractivity contribution in [2.75, 3.05) is 26.7 Å². The topological polar surface area (TPSA) is 29.5 Å². The molecule has 0 radical (unpaired) electrons. The van der Waals surface area contributed by atoms with E-state index in [0.29, 0.717) is 0 Å². The Morgan fingerprint density at radius 3 is 2.21 bits per heavy atom. The number of nitrogens with zero attached hydrogens (tertiary/aromatic N) is 1. The summed E-state index contributed by atoms with van der Waals surface area (Å²) >= 11 is 0. The van der Waals surface area contributed by atoms with Crippen LogP contribution in [0.3, 0.4) is 0 Å². The van der Waals surface area contributed by atoms with Crippen LogP contribution in [0.4, 0.5) is 0 Å². The number of ether oxygens (including phenoxy) is 1. The lowest BCUT2D eigenvalue weighted by molar-refractivity contribution is -0.136. The fourth-order valence-corrected chi connectivity index (χ4v) is 1.22. The molecule has 0 atom stereocenters. The van der Waals surface area contributed by atoms with Gasteiger partial charge in [-0.2, -0.15) is 0 Å². The van der Waals surface area contributed by atoms with Gasteiger partial charge >= 0.3 is 5.97 Å². The van der Waals surface area contributed by atoms with Crippen molar-refractivity contribution in [3.05, 3.63) is 11.6 Å². The van der Waals surface area contributed by atoms with Crippen LogP contribution >= 0.6 is 0 Å². The number of esters is 1. The summed E-state index contributed by atoms with van der Waals surface area (Å²) in [5.74, 6) is -0.209. The third-order valence-electron chi connectivity index (χ3n) is 2.32. The highest BCUT2D eigenvalue weighted by atomic mass is 16.5. The quantitative estimate of drug-likeness (QED) is 0.483. The van der Waals surface area contributed by atoms with Gasteiger partial charge in [0.05, 0.1) is 7.11 Å². The van der Waals surface area contributed by atoms with Gasteiger partial charge in [-0.05, 0) is 19.5 Å². The first-order valence-corrected chi connectivity index (χ1v) is 5.19. The third-order valence-corrected chi connectivity index (χ3v) is 2.32. The molecule has 0 aliphatic rings. The van der Waals surface area contributed by atoms with Crippen molar-refractivity contribution in [1.29, 1.82) is 0 Å². The Labute approximate surface area is 86.7 Å². The lowest BCUT2D eigenvalue weighted by Crippen LogP contribution is -2.23. The van der Waals surface area contributed by atoms with E-state index >= 15 is 0 Å². The van der Waals surface area contributed by atoms with E-state index in [2.05, 4.69) is 23.5 Å². The Kier molecular flexibility index (Phi) is 7.11. The van der Waals surface area contributed by atoms with Crippen LogP contribution in [0, 0.1) is 0 Å². The number of hydrogen-bond donors (Lipinski definition) is 0. The number of methoxy groups -OCH3 is 1. The van der Waals surface area contributed by atoms with E-state index in [4.69, 9.17) is 0 Å². The Bertz CT molecular complexity index is 195. The monoisotopic (exact) mass is 199 g/mol. The zero-order chi connectivity index (χ0) is 11.0. The standard InChI is InChI=1S/C11H21NO2/c1-5-10(11(13)14-4)8-9-12(6-2)7-3/h8H,5-7,9H2,1-4H3. The van der Waals surface area contributed by atoms with Crippen LogP contribution in [0.5, 0.6) is 0 Å². The molecule has 0 N–H and O–H groups in total. The first kappa shape index (κ1) is 13.2. The average Bonchev–Trinajstić information content (AvgIpc) is 2.24. The van der Waals surface area contributed by atoms with Gasteiger partial charge in [-0.3, -0.25) is 0 Å². The average molecular weight is 199 g/mol. The second kappa shape index (κ2) is 7.56. The van der Waals surface area contributed by atoms with Crippen LogP contribution in [0.1, 0.15) is 27.2 Å². The molecule has 0 rings (SSSR count). The molecule has 0 unspecified atom stereocenters. The third kappa shape index (κ3) is 4.42. The van der Waals surface area contributed by atoms with Crippen molar-refractivity contribution in [2.45, 2.75) is 27.2 Å². The molecule has 3 nitrogen and oxygen atoms in total. The van der Waals surface area contributed by atoms with Crippen molar-refractivity contribution in [1.82, 2.24) is 4.90 Å². The summed E-state index contributed by atoms with van der Waals surface area (Å²) in [7, 11) is 1.42. The fourth-order valence-electron chi connectivity index (χ4n) is 1.22. The summed E-state index contributed by atoms with van der Waals surface area (Å²) in [5, 5.41) is 0. The molecule has 0 aliphatic heterocycles. The molecule has 0 saturated carbocycles. The van der Waals surface area contributed by atoms with Gasteiger partial charge in [0.15, 0.2) is 0 Å². The zero-order valence-corrected chi connectivity index (χ0v) is 9.67. The maximum Gasteiger partial charge on any atom is 0.333 e. The maximum absolute atomic E-state index is 11.2. The van der Waals surface area contributed by atoms with Gasteiger partial charge in [0.2, 0.25) is 0 Å². The van der Waals surface area contributed by atoms with Gasteiger partial charge in [0.25, 0.3) is 0 Å². The van der Waals surface area contributed by atoms with E-state index in [1.165, 1.54) is 7.11 Å². The fraction of sp³-hybridized carbons (Fsp3) is 0.727. The second-order valence-corrected chi connectivity index (χ2v) is 3.06. The molecule has 0 saturated heterocycles. The van der Waals surface area contributed by atoms with Crippen molar-refractivity contribution in [3.63, 3.8) is 0 Å². The molecule has 0 aromatic heterocycles. The second-order valence-electron chi connectivity index (χ2n) is 3.06. The summed E-state index contributed by atoms with van der Waals surface area (Å²) in [6.45, 7) is 9.02. The van der Waals surface area contributed by atoms with E-state index in [0.717, 1.165) is 31.6 Å².